The Labute approximate surface area is 197 Å². The van der Waals surface area contributed by atoms with Gasteiger partial charge in [-0.2, -0.15) is 0 Å². The average Bonchev–Trinajstić information content (AvgIpc) is 2.88. The number of para-hydroxylation sites is 1. The maximum Gasteiger partial charge on any atom is 0.309 e. The van der Waals surface area contributed by atoms with Gasteiger partial charge in [0.15, 0.2) is 0 Å². The van der Waals surface area contributed by atoms with E-state index in [0.717, 1.165) is 51.4 Å². The van der Waals surface area contributed by atoms with Crippen molar-refractivity contribution >= 4 is 17.5 Å². The van der Waals surface area contributed by atoms with E-state index in [4.69, 9.17) is 0 Å². The van der Waals surface area contributed by atoms with Crippen LogP contribution in [0.2, 0.25) is 0 Å². The molecule has 0 aliphatic carbocycles. The van der Waals surface area contributed by atoms with Gasteiger partial charge in [0.25, 0.3) is 0 Å². The molecule has 0 radical (unpaired) electrons. The molecule has 0 saturated carbocycles. The van der Waals surface area contributed by atoms with Gasteiger partial charge in [0, 0.05) is 63.9 Å². The third-order valence-electron chi connectivity index (χ3n) is 6.22. The number of hydrogen-bond donors (Lipinski definition) is 2. The van der Waals surface area contributed by atoms with E-state index in [0.29, 0.717) is 13.1 Å². The number of rotatable bonds is 10. The van der Waals surface area contributed by atoms with Crippen molar-refractivity contribution < 1.29 is 9.59 Å². The quantitative estimate of drug-likeness (QED) is 0.532. The summed E-state index contributed by atoms with van der Waals surface area (Å²) < 4.78 is 0. The van der Waals surface area contributed by atoms with Gasteiger partial charge in [-0.25, -0.2) is 0 Å². The molecule has 1 aromatic carbocycles. The molecule has 8 nitrogen and oxygen atoms in total. The van der Waals surface area contributed by atoms with E-state index in [1.54, 1.807) is 6.20 Å². The second kappa shape index (κ2) is 12.9. The number of nitrogens with zero attached hydrogens (tertiary/aromatic N) is 4. The Morgan fingerprint density at radius 1 is 0.970 bits per heavy atom. The molecule has 1 aliphatic rings. The summed E-state index contributed by atoms with van der Waals surface area (Å²) in [4.78, 5) is 35.9. The van der Waals surface area contributed by atoms with Crippen molar-refractivity contribution in [3.63, 3.8) is 0 Å². The summed E-state index contributed by atoms with van der Waals surface area (Å²) in [5, 5.41) is 5.56. The van der Waals surface area contributed by atoms with Gasteiger partial charge in [-0.15, -0.1) is 0 Å². The molecule has 1 atom stereocenters. The minimum atomic E-state index is -0.591. The van der Waals surface area contributed by atoms with Crippen molar-refractivity contribution in [2.45, 2.75) is 19.9 Å². The minimum absolute atomic E-state index is 0.0379. The Bertz CT molecular complexity index is 852. The molecule has 2 heterocycles. The third kappa shape index (κ3) is 7.27. The third-order valence-corrected chi connectivity index (χ3v) is 6.22. The maximum atomic E-state index is 12.4. The first kappa shape index (κ1) is 24.7. The molecule has 3 rings (SSSR count). The van der Waals surface area contributed by atoms with Crippen LogP contribution in [0.15, 0.2) is 54.9 Å². The zero-order chi connectivity index (χ0) is 23.5. The molecular weight excluding hydrogens is 416 g/mol. The summed E-state index contributed by atoms with van der Waals surface area (Å²) in [5.74, 6) is -1.17. The number of carbonyl (C=O) groups is 2. The van der Waals surface area contributed by atoms with Crippen molar-refractivity contribution in [1.29, 1.82) is 0 Å². The van der Waals surface area contributed by atoms with Gasteiger partial charge in [0.2, 0.25) is 0 Å². The molecule has 1 aromatic heterocycles. The van der Waals surface area contributed by atoms with Crippen LogP contribution >= 0.6 is 0 Å². The minimum Gasteiger partial charge on any atom is -0.369 e. The first-order valence-electron chi connectivity index (χ1n) is 11.8. The smallest absolute Gasteiger partial charge is 0.309 e. The number of benzene rings is 1. The zero-order valence-corrected chi connectivity index (χ0v) is 19.7. The van der Waals surface area contributed by atoms with Crippen molar-refractivity contribution in [1.82, 2.24) is 25.4 Å². The van der Waals surface area contributed by atoms with E-state index in [1.807, 2.05) is 24.4 Å². The van der Waals surface area contributed by atoms with Crippen LogP contribution in [-0.4, -0.2) is 85.5 Å². The van der Waals surface area contributed by atoms with Crippen LogP contribution < -0.4 is 15.5 Å². The fraction of sp³-hybridized carbons (Fsp3) is 0.480. The number of amides is 2. The number of nitrogens with one attached hydrogen (secondary N) is 2. The van der Waals surface area contributed by atoms with E-state index < -0.39 is 11.8 Å². The van der Waals surface area contributed by atoms with Crippen LogP contribution in [0.25, 0.3) is 0 Å². The van der Waals surface area contributed by atoms with Crippen molar-refractivity contribution in [3.8, 4) is 0 Å². The number of anilines is 1. The highest BCUT2D eigenvalue weighted by Crippen LogP contribution is 2.23. The molecule has 1 saturated heterocycles. The fourth-order valence-corrected chi connectivity index (χ4v) is 4.18. The summed E-state index contributed by atoms with van der Waals surface area (Å²) in [7, 11) is 0. The Morgan fingerprint density at radius 3 is 2.30 bits per heavy atom. The molecule has 2 N–H and O–H groups in total. The number of likely N-dealkylation sites (N-methyl/N-ethyl adjacent to an activating group) is 1. The van der Waals surface area contributed by atoms with Crippen molar-refractivity contribution in [2.24, 2.45) is 0 Å². The molecule has 0 spiro atoms. The molecule has 0 unspecified atom stereocenters. The van der Waals surface area contributed by atoms with Crippen LogP contribution in [0, 0.1) is 0 Å². The van der Waals surface area contributed by atoms with Gasteiger partial charge in [0.05, 0.1) is 6.04 Å². The Morgan fingerprint density at radius 2 is 1.67 bits per heavy atom. The largest absolute Gasteiger partial charge is 0.369 e. The van der Waals surface area contributed by atoms with Crippen LogP contribution in [0.1, 0.15) is 25.5 Å². The number of carbonyl (C=O) groups excluding carboxylic acids is 2. The molecule has 178 valence electrons. The Hall–Kier alpha value is -2.97. The van der Waals surface area contributed by atoms with E-state index in [-0.39, 0.29) is 6.04 Å². The number of hydrogen-bond acceptors (Lipinski definition) is 6. The summed E-state index contributed by atoms with van der Waals surface area (Å²) in [6.07, 6.45) is 3.58. The summed E-state index contributed by atoms with van der Waals surface area (Å²) >= 11 is 0. The van der Waals surface area contributed by atoms with E-state index in [9.17, 15) is 9.59 Å². The molecule has 1 fully saturated rings. The monoisotopic (exact) mass is 452 g/mol. The van der Waals surface area contributed by atoms with Crippen LogP contribution in [0.4, 0.5) is 5.69 Å². The lowest BCUT2D eigenvalue weighted by Crippen LogP contribution is -2.51. The van der Waals surface area contributed by atoms with Crippen LogP contribution in [0.3, 0.4) is 0 Å². The van der Waals surface area contributed by atoms with Crippen LogP contribution in [-0.2, 0) is 9.59 Å². The molecular formula is C25H36N6O2. The zero-order valence-electron chi connectivity index (χ0n) is 19.7. The van der Waals surface area contributed by atoms with Gasteiger partial charge in [-0.1, -0.05) is 38.1 Å². The number of pyridine rings is 1. The standard InChI is InChI=1S/C25H36N6O2/c1-3-29(4-2)14-13-27-24(32)25(33)28-20-23(21-9-8-12-26-19-21)31-17-15-30(16-18-31)22-10-6-5-7-11-22/h5-12,19,23H,3-4,13-18,20H2,1-2H3,(H,27,32)(H,28,33)/t23-/m1/s1. The Kier molecular flexibility index (Phi) is 9.65. The predicted octanol–water partition coefficient (Wildman–Crippen LogP) is 1.52. The summed E-state index contributed by atoms with van der Waals surface area (Å²) in [5.41, 5.74) is 2.26. The first-order valence-corrected chi connectivity index (χ1v) is 11.8. The van der Waals surface area contributed by atoms with Gasteiger partial charge in [0.1, 0.15) is 0 Å². The van der Waals surface area contributed by atoms with Crippen molar-refractivity contribution in [2.75, 3.05) is 63.8 Å². The maximum absolute atomic E-state index is 12.4. The molecule has 8 heteroatoms. The lowest BCUT2D eigenvalue weighted by atomic mass is 10.1. The fourth-order valence-electron chi connectivity index (χ4n) is 4.18. The number of piperazine rings is 1. The van der Waals surface area contributed by atoms with Gasteiger partial charge < -0.3 is 20.4 Å². The topological polar surface area (TPSA) is 80.8 Å². The number of aromatic nitrogens is 1. The van der Waals surface area contributed by atoms with Crippen molar-refractivity contribution in [3.05, 3.63) is 60.4 Å². The molecule has 0 bridgehead atoms. The lowest BCUT2D eigenvalue weighted by molar-refractivity contribution is -0.139. The average molecular weight is 453 g/mol. The van der Waals surface area contributed by atoms with Gasteiger partial charge in [-0.3, -0.25) is 19.5 Å². The van der Waals surface area contributed by atoms with E-state index >= 15 is 0 Å². The highest BCUT2D eigenvalue weighted by atomic mass is 16.2. The van der Waals surface area contributed by atoms with E-state index in [1.165, 1.54) is 5.69 Å². The van der Waals surface area contributed by atoms with E-state index in [2.05, 4.69) is 68.4 Å². The van der Waals surface area contributed by atoms with Gasteiger partial charge >= 0.3 is 11.8 Å². The highest BCUT2D eigenvalue weighted by molar-refractivity contribution is 6.35. The highest BCUT2D eigenvalue weighted by Gasteiger charge is 2.26. The molecule has 33 heavy (non-hydrogen) atoms. The second-order valence-corrected chi connectivity index (χ2v) is 8.15. The summed E-state index contributed by atoms with van der Waals surface area (Å²) in [6.45, 7) is 11.1. The normalized spacial score (nSPS) is 15.3. The SMILES string of the molecule is CCN(CC)CCNC(=O)C(=O)NC[C@H](c1cccnc1)N1CCN(c2ccccc2)CC1. The molecule has 1 aliphatic heterocycles. The molecule has 2 aromatic rings. The Balaban J connectivity index is 1.55. The van der Waals surface area contributed by atoms with Gasteiger partial charge in [-0.05, 0) is 36.9 Å². The van der Waals surface area contributed by atoms with Crippen LogP contribution in [0.5, 0.6) is 0 Å². The summed E-state index contributed by atoms with van der Waals surface area (Å²) in [6, 6.07) is 14.3. The second-order valence-electron chi connectivity index (χ2n) is 8.15. The molecule has 2 amide bonds. The predicted molar refractivity (Wildman–Crippen MR) is 131 cm³/mol. The lowest BCUT2D eigenvalue weighted by Gasteiger charge is -2.40. The first-order chi connectivity index (χ1) is 16.1.